The van der Waals surface area contributed by atoms with Gasteiger partial charge in [0.2, 0.25) is 0 Å². The number of unbranched alkanes of at least 4 members (excludes halogenated alkanes) is 1. The van der Waals surface area contributed by atoms with Crippen molar-refractivity contribution in [3.63, 3.8) is 0 Å². The molecule has 1 aromatic rings. The molecule has 0 fully saturated rings. The van der Waals surface area contributed by atoms with Gasteiger partial charge in [-0.3, -0.25) is 4.79 Å². The van der Waals surface area contributed by atoms with Crippen LogP contribution in [0.3, 0.4) is 0 Å². The number of nitrogens with two attached hydrogens (primary N) is 1. The van der Waals surface area contributed by atoms with Crippen LogP contribution in [0.5, 0.6) is 5.75 Å². The minimum absolute atomic E-state index is 0.115. The fourth-order valence-corrected chi connectivity index (χ4v) is 2.27. The van der Waals surface area contributed by atoms with Gasteiger partial charge >= 0.3 is 0 Å². The first-order valence-corrected chi connectivity index (χ1v) is 7.37. The van der Waals surface area contributed by atoms with E-state index in [1.165, 1.54) is 0 Å². The number of ether oxygens (including phenoxy) is 1. The smallest absolute Gasteiger partial charge is 0.253 e. The van der Waals surface area contributed by atoms with E-state index in [1.807, 2.05) is 0 Å². The van der Waals surface area contributed by atoms with E-state index in [4.69, 9.17) is 10.5 Å². The molecular formula is C16H26N2O2. The Morgan fingerprint density at radius 1 is 1.30 bits per heavy atom. The fourth-order valence-electron chi connectivity index (χ4n) is 2.27. The van der Waals surface area contributed by atoms with E-state index in [-0.39, 0.29) is 11.9 Å². The summed E-state index contributed by atoms with van der Waals surface area (Å²) in [7, 11) is 1.55. The van der Waals surface area contributed by atoms with Crippen molar-refractivity contribution in [2.24, 2.45) is 0 Å². The predicted octanol–water partition coefficient (Wildman–Crippen LogP) is 3.37. The maximum Gasteiger partial charge on any atom is 0.253 e. The van der Waals surface area contributed by atoms with Gasteiger partial charge in [0.25, 0.3) is 5.91 Å². The molecule has 4 nitrogen and oxygen atoms in total. The second-order valence-electron chi connectivity index (χ2n) is 5.02. The van der Waals surface area contributed by atoms with Gasteiger partial charge in [0.15, 0.2) is 0 Å². The molecule has 0 spiro atoms. The molecule has 0 aliphatic rings. The van der Waals surface area contributed by atoms with Crippen LogP contribution in [-0.4, -0.2) is 19.1 Å². The van der Waals surface area contributed by atoms with E-state index in [0.29, 0.717) is 17.0 Å². The number of carbonyl (C=O) groups excluding carboxylic acids is 1. The van der Waals surface area contributed by atoms with Gasteiger partial charge in [0, 0.05) is 6.04 Å². The first kappa shape index (κ1) is 16.3. The lowest BCUT2D eigenvalue weighted by Crippen LogP contribution is -2.35. The third-order valence-electron chi connectivity index (χ3n) is 3.41. The molecule has 0 saturated heterocycles. The summed E-state index contributed by atoms with van der Waals surface area (Å²) in [4.78, 5) is 12.3. The molecule has 0 aromatic heterocycles. The highest BCUT2D eigenvalue weighted by Crippen LogP contribution is 2.24. The Hall–Kier alpha value is -1.71. The van der Waals surface area contributed by atoms with Gasteiger partial charge < -0.3 is 15.8 Å². The molecule has 1 atom stereocenters. The van der Waals surface area contributed by atoms with E-state index < -0.39 is 0 Å². The zero-order valence-electron chi connectivity index (χ0n) is 12.7. The Morgan fingerprint density at radius 2 is 2.05 bits per heavy atom. The zero-order chi connectivity index (χ0) is 15.0. The minimum Gasteiger partial charge on any atom is -0.495 e. The van der Waals surface area contributed by atoms with E-state index in [1.54, 1.807) is 25.3 Å². The van der Waals surface area contributed by atoms with E-state index >= 15 is 0 Å². The van der Waals surface area contributed by atoms with Crippen LogP contribution in [0.1, 0.15) is 56.3 Å². The number of methoxy groups -OCH3 is 1. The van der Waals surface area contributed by atoms with Gasteiger partial charge in [-0.1, -0.05) is 39.2 Å². The van der Waals surface area contributed by atoms with Crippen molar-refractivity contribution in [2.75, 3.05) is 12.8 Å². The van der Waals surface area contributed by atoms with Crippen LogP contribution in [-0.2, 0) is 0 Å². The highest BCUT2D eigenvalue weighted by molar-refractivity contribution is 6.00. The van der Waals surface area contributed by atoms with Crippen LogP contribution in [0.4, 0.5) is 5.69 Å². The molecule has 0 aliphatic carbocycles. The average molecular weight is 278 g/mol. The van der Waals surface area contributed by atoms with Crippen LogP contribution < -0.4 is 15.8 Å². The molecule has 20 heavy (non-hydrogen) atoms. The molecule has 4 heteroatoms. The highest BCUT2D eigenvalue weighted by atomic mass is 16.5. The summed E-state index contributed by atoms with van der Waals surface area (Å²) in [5.74, 6) is 0.425. The summed E-state index contributed by atoms with van der Waals surface area (Å²) in [6, 6.07) is 5.49. The first-order chi connectivity index (χ1) is 9.63. The normalized spacial score (nSPS) is 11.9. The largest absolute Gasteiger partial charge is 0.495 e. The monoisotopic (exact) mass is 278 g/mol. The molecular weight excluding hydrogens is 252 g/mol. The zero-order valence-corrected chi connectivity index (χ0v) is 12.7. The van der Waals surface area contributed by atoms with Crippen molar-refractivity contribution >= 4 is 11.6 Å². The minimum atomic E-state index is -0.115. The number of anilines is 1. The first-order valence-electron chi connectivity index (χ1n) is 7.37. The number of benzene rings is 1. The SMILES string of the molecule is CCCCC(CCC)NC(=O)c1cccc(OC)c1N. The number of rotatable bonds is 8. The molecule has 0 saturated carbocycles. The molecule has 0 bridgehead atoms. The number of nitrogen functional groups attached to an aromatic ring is 1. The number of hydrogen-bond acceptors (Lipinski definition) is 3. The Bertz CT molecular complexity index is 432. The van der Waals surface area contributed by atoms with Crippen LogP contribution in [0.15, 0.2) is 18.2 Å². The van der Waals surface area contributed by atoms with E-state index in [2.05, 4.69) is 19.2 Å². The van der Waals surface area contributed by atoms with Crippen LogP contribution >= 0.6 is 0 Å². The third-order valence-corrected chi connectivity index (χ3v) is 3.41. The van der Waals surface area contributed by atoms with Crippen molar-refractivity contribution in [3.05, 3.63) is 23.8 Å². The van der Waals surface area contributed by atoms with Gasteiger partial charge in [-0.2, -0.15) is 0 Å². The third kappa shape index (κ3) is 4.44. The summed E-state index contributed by atoms with van der Waals surface area (Å²) in [6.45, 7) is 4.29. The topological polar surface area (TPSA) is 64.3 Å². The Kier molecular flexibility index (Phi) is 6.91. The summed E-state index contributed by atoms with van der Waals surface area (Å²) in [5.41, 5.74) is 6.85. The molecule has 1 amide bonds. The van der Waals surface area contributed by atoms with Gasteiger partial charge in [-0.05, 0) is 25.0 Å². The number of nitrogens with one attached hydrogen (secondary N) is 1. The number of carbonyl (C=O) groups is 1. The predicted molar refractivity (Wildman–Crippen MR) is 83.1 cm³/mol. The number of hydrogen-bond donors (Lipinski definition) is 2. The maximum absolute atomic E-state index is 12.3. The summed E-state index contributed by atoms with van der Waals surface area (Å²) < 4.78 is 5.15. The summed E-state index contributed by atoms with van der Waals surface area (Å²) in [5, 5.41) is 3.09. The molecule has 0 radical (unpaired) electrons. The molecule has 1 aromatic carbocycles. The van der Waals surface area contributed by atoms with Crippen LogP contribution in [0, 0.1) is 0 Å². The quantitative estimate of drug-likeness (QED) is 0.717. The summed E-state index contributed by atoms with van der Waals surface area (Å²) in [6.07, 6.45) is 5.33. The van der Waals surface area contributed by atoms with Crippen molar-refractivity contribution in [1.29, 1.82) is 0 Å². The molecule has 1 rings (SSSR count). The fraction of sp³-hybridized carbons (Fsp3) is 0.562. The number of para-hydroxylation sites is 1. The second kappa shape index (κ2) is 8.46. The lowest BCUT2D eigenvalue weighted by molar-refractivity contribution is 0.0933. The molecule has 112 valence electrons. The molecule has 0 heterocycles. The van der Waals surface area contributed by atoms with Gasteiger partial charge in [-0.15, -0.1) is 0 Å². The van der Waals surface area contributed by atoms with E-state index in [0.717, 1.165) is 32.1 Å². The molecule has 1 unspecified atom stereocenters. The van der Waals surface area contributed by atoms with Gasteiger partial charge in [0.1, 0.15) is 5.75 Å². The number of amides is 1. The van der Waals surface area contributed by atoms with Crippen molar-refractivity contribution < 1.29 is 9.53 Å². The maximum atomic E-state index is 12.3. The lowest BCUT2D eigenvalue weighted by atomic mass is 10.0. The van der Waals surface area contributed by atoms with Crippen molar-refractivity contribution in [2.45, 2.75) is 52.0 Å². The lowest BCUT2D eigenvalue weighted by Gasteiger charge is -2.19. The van der Waals surface area contributed by atoms with Crippen molar-refractivity contribution in [3.8, 4) is 5.75 Å². The van der Waals surface area contributed by atoms with Crippen LogP contribution in [0.25, 0.3) is 0 Å². The summed E-state index contributed by atoms with van der Waals surface area (Å²) >= 11 is 0. The van der Waals surface area contributed by atoms with E-state index in [9.17, 15) is 4.79 Å². The molecule has 3 N–H and O–H groups in total. The van der Waals surface area contributed by atoms with Crippen molar-refractivity contribution in [1.82, 2.24) is 5.32 Å². The van der Waals surface area contributed by atoms with Gasteiger partial charge in [0.05, 0.1) is 18.4 Å². The Balaban J connectivity index is 2.78. The highest BCUT2D eigenvalue weighted by Gasteiger charge is 2.16. The van der Waals surface area contributed by atoms with Gasteiger partial charge in [-0.25, -0.2) is 0 Å². The average Bonchev–Trinajstić information content (AvgIpc) is 2.45. The van der Waals surface area contributed by atoms with Crippen LogP contribution in [0.2, 0.25) is 0 Å². The molecule has 0 aliphatic heterocycles. The Morgan fingerprint density at radius 3 is 2.65 bits per heavy atom. The standard InChI is InChI=1S/C16H26N2O2/c1-4-6-9-12(8-5-2)18-16(19)13-10-7-11-14(20-3)15(13)17/h7,10-12H,4-6,8-9,17H2,1-3H3,(H,18,19). The second-order valence-corrected chi connectivity index (χ2v) is 5.02. The Labute approximate surface area is 121 Å².